The molecule has 1 aliphatic heterocycles. The standard InChI is InChI=1S/C15H10F2N2O4S/c16-9-5-6-12(11(17)7-9)18-14(20)8-19-15(21)10-3-1-2-4-13(10)24(19,22)23/h1-7H,8H2,(H,18,20). The van der Waals surface area contributed by atoms with Gasteiger partial charge in [0.15, 0.2) is 0 Å². The molecule has 0 atom stereocenters. The quantitative estimate of drug-likeness (QED) is 0.912. The topological polar surface area (TPSA) is 83.6 Å². The molecule has 24 heavy (non-hydrogen) atoms. The summed E-state index contributed by atoms with van der Waals surface area (Å²) in [5, 5.41) is 2.11. The summed E-state index contributed by atoms with van der Waals surface area (Å²) in [6.45, 7) is -0.813. The van der Waals surface area contributed by atoms with Crippen molar-refractivity contribution in [1.29, 1.82) is 0 Å². The zero-order valence-corrected chi connectivity index (χ0v) is 12.8. The summed E-state index contributed by atoms with van der Waals surface area (Å²) < 4.78 is 51.3. The predicted octanol–water partition coefficient (Wildman–Crippen LogP) is 1.75. The van der Waals surface area contributed by atoms with Crippen molar-refractivity contribution in [3.05, 3.63) is 59.7 Å². The van der Waals surface area contributed by atoms with Crippen molar-refractivity contribution in [2.75, 3.05) is 11.9 Å². The first-order valence-electron chi connectivity index (χ1n) is 6.72. The van der Waals surface area contributed by atoms with Gasteiger partial charge < -0.3 is 5.32 Å². The van der Waals surface area contributed by atoms with E-state index in [-0.39, 0.29) is 16.1 Å². The Morgan fingerprint density at radius 1 is 1.12 bits per heavy atom. The monoisotopic (exact) mass is 352 g/mol. The van der Waals surface area contributed by atoms with Crippen LogP contribution in [0.5, 0.6) is 0 Å². The molecule has 124 valence electrons. The van der Waals surface area contributed by atoms with Gasteiger partial charge in [-0.2, -0.15) is 0 Å². The lowest BCUT2D eigenvalue weighted by Gasteiger charge is -2.15. The van der Waals surface area contributed by atoms with Crippen LogP contribution in [0.25, 0.3) is 0 Å². The fourth-order valence-corrected chi connectivity index (χ4v) is 3.82. The summed E-state index contributed by atoms with van der Waals surface area (Å²) in [6.07, 6.45) is 0. The van der Waals surface area contributed by atoms with E-state index in [1.165, 1.54) is 24.3 Å². The fraction of sp³-hybridized carbons (Fsp3) is 0.0667. The minimum absolute atomic E-state index is 0.0294. The Morgan fingerprint density at radius 2 is 1.83 bits per heavy atom. The molecule has 0 radical (unpaired) electrons. The number of nitrogens with one attached hydrogen (secondary N) is 1. The molecule has 0 spiro atoms. The Hall–Kier alpha value is -2.81. The lowest BCUT2D eigenvalue weighted by atomic mass is 10.2. The molecular weight excluding hydrogens is 342 g/mol. The largest absolute Gasteiger partial charge is 0.322 e. The molecule has 0 saturated heterocycles. The van der Waals surface area contributed by atoms with Gasteiger partial charge in [-0.3, -0.25) is 9.59 Å². The fourth-order valence-electron chi connectivity index (χ4n) is 2.30. The van der Waals surface area contributed by atoms with Gasteiger partial charge in [0.2, 0.25) is 5.91 Å². The van der Waals surface area contributed by atoms with Crippen molar-refractivity contribution in [1.82, 2.24) is 4.31 Å². The van der Waals surface area contributed by atoms with Gasteiger partial charge in [-0.25, -0.2) is 21.5 Å². The van der Waals surface area contributed by atoms with Gasteiger partial charge in [0.25, 0.3) is 15.9 Å². The molecule has 0 bridgehead atoms. The highest BCUT2D eigenvalue weighted by atomic mass is 32.2. The van der Waals surface area contributed by atoms with Gasteiger partial charge in [-0.15, -0.1) is 0 Å². The number of fused-ring (bicyclic) bond motifs is 1. The van der Waals surface area contributed by atoms with Crippen molar-refractivity contribution in [2.24, 2.45) is 0 Å². The second-order valence-corrected chi connectivity index (χ2v) is 6.82. The summed E-state index contributed by atoms with van der Waals surface area (Å²) >= 11 is 0. The predicted molar refractivity (Wildman–Crippen MR) is 79.7 cm³/mol. The average Bonchev–Trinajstić information content (AvgIpc) is 2.72. The molecule has 6 nitrogen and oxygen atoms in total. The van der Waals surface area contributed by atoms with Crippen LogP contribution in [0.2, 0.25) is 0 Å². The van der Waals surface area contributed by atoms with E-state index < -0.39 is 40.0 Å². The van der Waals surface area contributed by atoms with Crippen LogP contribution in [0.3, 0.4) is 0 Å². The Bertz CT molecular complexity index is 960. The van der Waals surface area contributed by atoms with E-state index in [1.807, 2.05) is 0 Å². The number of nitrogens with zero attached hydrogens (tertiary/aromatic N) is 1. The van der Waals surface area contributed by atoms with E-state index in [4.69, 9.17) is 0 Å². The Kier molecular flexibility index (Phi) is 3.80. The first-order valence-corrected chi connectivity index (χ1v) is 8.16. The summed E-state index contributed by atoms with van der Waals surface area (Å²) in [7, 11) is -4.13. The SMILES string of the molecule is O=C(CN1C(=O)c2ccccc2S1(=O)=O)Nc1ccc(F)cc1F. The number of carbonyl (C=O) groups is 2. The van der Waals surface area contributed by atoms with Crippen LogP contribution >= 0.6 is 0 Å². The van der Waals surface area contributed by atoms with E-state index in [2.05, 4.69) is 5.32 Å². The molecule has 9 heteroatoms. The number of amides is 2. The maximum Gasteiger partial charge on any atom is 0.269 e. The van der Waals surface area contributed by atoms with Crippen molar-refractivity contribution < 1.29 is 26.8 Å². The number of hydrogen-bond donors (Lipinski definition) is 1. The number of hydrogen-bond acceptors (Lipinski definition) is 4. The van der Waals surface area contributed by atoms with Gasteiger partial charge in [-0.05, 0) is 24.3 Å². The van der Waals surface area contributed by atoms with Crippen molar-refractivity contribution >= 4 is 27.5 Å². The zero-order valence-electron chi connectivity index (χ0n) is 12.0. The van der Waals surface area contributed by atoms with E-state index in [1.54, 1.807) is 0 Å². The summed E-state index contributed by atoms with van der Waals surface area (Å²) in [4.78, 5) is 23.9. The lowest BCUT2D eigenvalue weighted by molar-refractivity contribution is -0.116. The Labute approximate surface area is 135 Å². The van der Waals surface area contributed by atoms with E-state index in [0.29, 0.717) is 10.4 Å². The second-order valence-electron chi connectivity index (χ2n) is 4.99. The Morgan fingerprint density at radius 3 is 2.50 bits per heavy atom. The highest BCUT2D eigenvalue weighted by molar-refractivity contribution is 7.90. The van der Waals surface area contributed by atoms with Crippen molar-refractivity contribution in [3.63, 3.8) is 0 Å². The first-order chi connectivity index (χ1) is 11.3. The molecule has 0 saturated carbocycles. The third kappa shape index (κ3) is 2.62. The third-order valence-corrected chi connectivity index (χ3v) is 5.19. The van der Waals surface area contributed by atoms with Crippen LogP contribution in [0.4, 0.5) is 14.5 Å². The third-order valence-electron chi connectivity index (χ3n) is 3.40. The molecule has 0 unspecified atom stereocenters. The lowest BCUT2D eigenvalue weighted by Crippen LogP contribution is -2.37. The van der Waals surface area contributed by atoms with Crippen molar-refractivity contribution in [2.45, 2.75) is 4.90 Å². The smallest absolute Gasteiger partial charge is 0.269 e. The van der Waals surface area contributed by atoms with E-state index in [9.17, 15) is 26.8 Å². The molecule has 2 amide bonds. The van der Waals surface area contributed by atoms with Crippen LogP contribution in [0.1, 0.15) is 10.4 Å². The number of rotatable bonds is 3. The first kappa shape index (κ1) is 16.1. The van der Waals surface area contributed by atoms with Crippen LogP contribution < -0.4 is 5.32 Å². The normalized spacial score (nSPS) is 15.2. The van der Waals surface area contributed by atoms with Gasteiger partial charge in [0.05, 0.1) is 11.3 Å². The van der Waals surface area contributed by atoms with E-state index in [0.717, 1.165) is 12.1 Å². The average molecular weight is 352 g/mol. The number of benzene rings is 2. The van der Waals surface area contributed by atoms with Crippen LogP contribution in [-0.2, 0) is 14.8 Å². The molecular formula is C15H10F2N2O4S. The van der Waals surface area contributed by atoms with E-state index >= 15 is 0 Å². The number of sulfonamides is 1. The minimum atomic E-state index is -4.13. The van der Waals surface area contributed by atoms with Gasteiger partial charge in [0.1, 0.15) is 23.1 Å². The van der Waals surface area contributed by atoms with Gasteiger partial charge >= 0.3 is 0 Å². The van der Waals surface area contributed by atoms with Crippen LogP contribution in [0, 0.1) is 11.6 Å². The van der Waals surface area contributed by atoms with Crippen LogP contribution in [-0.4, -0.2) is 31.1 Å². The number of carbonyl (C=O) groups excluding carboxylic acids is 2. The highest BCUT2D eigenvalue weighted by Crippen LogP contribution is 2.29. The zero-order chi connectivity index (χ0) is 17.5. The number of halogens is 2. The minimum Gasteiger partial charge on any atom is -0.322 e. The molecule has 0 aliphatic carbocycles. The summed E-state index contributed by atoms with van der Waals surface area (Å²) in [6, 6.07) is 8.07. The summed E-state index contributed by atoms with van der Waals surface area (Å²) in [5.41, 5.74) is -0.346. The molecule has 1 aliphatic rings. The molecule has 1 N–H and O–H groups in total. The maximum atomic E-state index is 13.5. The molecule has 3 rings (SSSR count). The molecule has 2 aromatic rings. The maximum absolute atomic E-state index is 13.5. The molecule has 0 aromatic heterocycles. The van der Waals surface area contributed by atoms with Crippen molar-refractivity contribution in [3.8, 4) is 0 Å². The van der Waals surface area contributed by atoms with Crippen LogP contribution in [0.15, 0.2) is 47.4 Å². The Balaban J connectivity index is 1.82. The molecule has 0 fully saturated rings. The highest BCUT2D eigenvalue weighted by Gasteiger charge is 2.41. The number of anilines is 1. The summed E-state index contributed by atoms with van der Waals surface area (Å²) in [5.74, 6) is -3.59. The molecule has 2 aromatic carbocycles. The van der Waals surface area contributed by atoms with Gasteiger partial charge in [0, 0.05) is 6.07 Å². The van der Waals surface area contributed by atoms with Gasteiger partial charge in [-0.1, -0.05) is 12.1 Å². The second kappa shape index (κ2) is 5.68. The molecule has 1 heterocycles.